The molecule has 21 heavy (non-hydrogen) atoms. The van der Waals surface area contributed by atoms with E-state index >= 15 is 0 Å². The summed E-state index contributed by atoms with van der Waals surface area (Å²) in [5, 5.41) is 13.0. The number of amides is 1. The van der Waals surface area contributed by atoms with Crippen LogP contribution >= 0.6 is 23.2 Å². The van der Waals surface area contributed by atoms with Gasteiger partial charge >= 0.3 is 0 Å². The van der Waals surface area contributed by atoms with E-state index in [2.05, 4.69) is 11.4 Å². The van der Waals surface area contributed by atoms with Crippen LogP contribution in [0, 0.1) is 11.3 Å². The number of rotatable bonds is 4. The highest BCUT2D eigenvalue weighted by Gasteiger charge is 2.33. The zero-order valence-corrected chi connectivity index (χ0v) is 13.0. The van der Waals surface area contributed by atoms with E-state index in [9.17, 15) is 10.1 Å². The quantitative estimate of drug-likeness (QED) is 0.917. The summed E-state index contributed by atoms with van der Waals surface area (Å²) in [5.74, 6) is 0.0790. The van der Waals surface area contributed by atoms with Gasteiger partial charge in [-0.2, -0.15) is 5.26 Å². The highest BCUT2D eigenvalue weighted by Crippen LogP contribution is 2.29. The predicted molar refractivity (Wildman–Crippen MR) is 81.5 cm³/mol. The molecule has 0 saturated heterocycles. The molecule has 0 spiro atoms. The van der Waals surface area contributed by atoms with E-state index in [1.54, 1.807) is 18.2 Å². The van der Waals surface area contributed by atoms with Gasteiger partial charge in [0.2, 0.25) is 0 Å². The SMILES string of the molecule is N#CC1(NC(=O)COc2ccc(Cl)cc2Cl)CCCCC1. The van der Waals surface area contributed by atoms with Crippen molar-refractivity contribution in [2.24, 2.45) is 0 Å². The average molecular weight is 327 g/mol. The van der Waals surface area contributed by atoms with E-state index in [0.717, 1.165) is 19.3 Å². The van der Waals surface area contributed by atoms with Gasteiger partial charge in [0, 0.05) is 5.02 Å². The average Bonchev–Trinajstić information content (AvgIpc) is 2.47. The topological polar surface area (TPSA) is 62.1 Å². The first kappa shape index (κ1) is 15.9. The molecule has 0 bridgehead atoms. The van der Waals surface area contributed by atoms with E-state index in [4.69, 9.17) is 27.9 Å². The minimum Gasteiger partial charge on any atom is -0.482 e. The fourth-order valence-electron chi connectivity index (χ4n) is 2.46. The molecule has 1 aliphatic carbocycles. The number of ether oxygens (including phenoxy) is 1. The maximum atomic E-state index is 12.0. The van der Waals surface area contributed by atoms with Crippen molar-refractivity contribution < 1.29 is 9.53 Å². The van der Waals surface area contributed by atoms with E-state index in [1.165, 1.54) is 0 Å². The lowest BCUT2D eigenvalue weighted by Crippen LogP contribution is -2.50. The Morgan fingerprint density at radius 2 is 2.05 bits per heavy atom. The van der Waals surface area contributed by atoms with Crippen LogP contribution in [-0.4, -0.2) is 18.1 Å². The van der Waals surface area contributed by atoms with Gasteiger partial charge in [0.25, 0.3) is 5.91 Å². The lowest BCUT2D eigenvalue weighted by atomic mass is 9.83. The summed E-state index contributed by atoms with van der Waals surface area (Å²) in [6, 6.07) is 7.03. The van der Waals surface area contributed by atoms with Crippen molar-refractivity contribution in [1.29, 1.82) is 5.26 Å². The van der Waals surface area contributed by atoms with Crippen LogP contribution in [0.1, 0.15) is 32.1 Å². The standard InChI is InChI=1S/C15H16Cl2N2O2/c16-11-4-5-13(12(17)8-11)21-9-14(20)19-15(10-18)6-2-1-3-7-15/h4-5,8H,1-3,6-7,9H2,(H,19,20). The van der Waals surface area contributed by atoms with Gasteiger partial charge in [0.1, 0.15) is 11.3 Å². The van der Waals surface area contributed by atoms with E-state index in [1.807, 2.05) is 0 Å². The molecular formula is C15H16Cl2N2O2. The van der Waals surface area contributed by atoms with Crippen LogP contribution in [0.3, 0.4) is 0 Å². The van der Waals surface area contributed by atoms with Crippen LogP contribution < -0.4 is 10.1 Å². The third kappa shape index (κ3) is 4.26. The normalized spacial score (nSPS) is 16.8. The smallest absolute Gasteiger partial charge is 0.259 e. The van der Waals surface area contributed by atoms with Crippen molar-refractivity contribution in [3.63, 3.8) is 0 Å². The van der Waals surface area contributed by atoms with Crippen LogP contribution in [0.25, 0.3) is 0 Å². The Bertz CT molecular complexity index is 563. The van der Waals surface area contributed by atoms with Crippen LogP contribution in [0.5, 0.6) is 5.75 Å². The second-order valence-corrected chi connectivity index (χ2v) is 6.01. The fourth-order valence-corrected chi connectivity index (χ4v) is 2.92. The van der Waals surface area contributed by atoms with Gasteiger partial charge in [-0.05, 0) is 31.0 Å². The highest BCUT2D eigenvalue weighted by atomic mass is 35.5. The molecule has 0 unspecified atom stereocenters. The first-order valence-corrected chi connectivity index (χ1v) is 7.60. The lowest BCUT2D eigenvalue weighted by molar-refractivity contribution is -0.124. The number of benzene rings is 1. The van der Waals surface area contributed by atoms with Crippen LogP contribution in [-0.2, 0) is 4.79 Å². The molecule has 2 rings (SSSR count). The Morgan fingerprint density at radius 3 is 2.67 bits per heavy atom. The zero-order chi connectivity index (χ0) is 15.3. The molecule has 1 amide bonds. The third-order valence-corrected chi connectivity index (χ3v) is 4.08. The van der Waals surface area contributed by atoms with Crippen molar-refractivity contribution in [3.05, 3.63) is 28.2 Å². The van der Waals surface area contributed by atoms with Gasteiger partial charge in [0.15, 0.2) is 6.61 Å². The Kier molecular flexibility index (Phi) is 5.33. The molecule has 0 radical (unpaired) electrons. The van der Waals surface area contributed by atoms with E-state index in [0.29, 0.717) is 28.6 Å². The summed E-state index contributed by atoms with van der Waals surface area (Å²) >= 11 is 11.8. The lowest BCUT2D eigenvalue weighted by Gasteiger charge is -2.31. The zero-order valence-electron chi connectivity index (χ0n) is 11.5. The molecule has 0 heterocycles. The molecule has 1 aliphatic rings. The summed E-state index contributed by atoms with van der Waals surface area (Å²) in [7, 11) is 0. The number of carbonyl (C=O) groups is 1. The molecule has 1 aromatic carbocycles. The largest absolute Gasteiger partial charge is 0.482 e. The maximum absolute atomic E-state index is 12.0. The Hall–Kier alpha value is -1.44. The van der Waals surface area contributed by atoms with Gasteiger partial charge < -0.3 is 10.1 Å². The molecule has 0 atom stereocenters. The van der Waals surface area contributed by atoms with Crippen LogP contribution in [0.2, 0.25) is 10.0 Å². The van der Waals surface area contributed by atoms with Gasteiger partial charge in [0.05, 0.1) is 11.1 Å². The third-order valence-electron chi connectivity index (χ3n) is 3.55. The highest BCUT2D eigenvalue weighted by molar-refractivity contribution is 6.35. The summed E-state index contributed by atoms with van der Waals surface area (Å²) in [5.41, 5.74) is -0.748. The van der Waals surface area contributed by atoms with E-state index in [-0.39, 0.29) is 12.5 Å². The summed E-state index contributed by atoms with van der Waals surface area (Å²) < 4.78 is 5.37. The molecule has 1 aromatic rings. The number of hydrogen-bond acceptors (Lipinski definition) is 3. The monoisotopic (exact) mass is 326 g/mol. The molecule has 1 saturated carbocycles. The molecule has 0 aliphatic heterocycles. The van der Waals surface area contributed by atoms with Crippen molar-refractivity contribution in [1.82, 2.24) is 5.32 Å². The molecule has 0 aromatic heterocycles. The minimum absolute atomic E-state index is 0.176. The first-order valence-electron chi connectivity index (χ1n) is 6.85. The van der Waals surface area contributed by atoms with Crippen molar-refractivity contribution in [2.75, 3.05) is 6.61 Å². The van der Waals surface area contributed by atoms with Gasteiger partial charge in [-0.15, -0.1) is 0 Å². The fraction of sp³-hybridized carbons (Fsp3) is 0.467. The number of nitrogens with one attached hydrogen (secondary N) is 1. The second kappa shape index (κ2) is 7.02. The maximum Gasteiger partial charge on any atom is 0.259 e. The number of carbonyl (C=O) groups excluding carboxylic acids is 1. The van der Waals surface area contributed by atoms with Crippen LogP contribution in [0.15, 0.2) is 18.2 Å². The second-order valence-electron chi connectivity index (χ2n) is 5.17. The number of halogens is 2. The Labute approximate surface area is 134 Å². The minimum atomic E-state index is -0.748. The molecule has 6 heteroatoms. The predicted octanol–water partition coefficient (Wildman–Crippen LogP) is 3.71. The van der Waals surface area contributed by atoms with E-state index < -0.39 is 5.54 Å². The Balaban J connectivity index is 1.91. The van der Waals surface area contributed by atoms with Crippen molar-refractivity contribution in [3.8, 4) is 11.8 Å². The number of nitrogens with zero attached hydrogens (tertiary/aromatic N) is 1. The molecular weight excluding hydrogens is 311 g/mol. The van der Waals surface area contributed by atoms with Crippen molar-refractivity contribution in [2.45, 2.75) is 37.6 Å². The summed E-state index contributed by atoms with van der Waals surface area (Å²) in [6.45, 7) is -0.176. The van der Waals surface area contributed by atoms with Crippen LogP contribution in [0.4, 0.5) is 0 Å². The van der Waals surface area contributed by atoms with Gasteiger partial charge in [-0.25, -0.2) is 0 Å². The number of nitriles is 1. The molecule has 4 nitrogen and oxygen atoms in total. The van der Waals surface area contributed by atoms with Crippen molar-refractivity contribution >= 4 is 29.1 Å². The number of hydrogen-bond donors (Lipinski definition) is 1. The van der Waals surface area contributed by atoms with Gasteiger partial charge in [-0.3, -0.25) is 4.79 Å². The molecule has 112 valence electrons. The molecule has 1 N–H and O–H groups in total. The molecule has 1 fully saturated rings. The summed E-state index contributed by atoms with van der Waals surface area (Å²) in [6.07, 6.45) is 4.40. The summed E-state index contributed by atoms with van der Waals surface area (Å²) in [4.78, 5) is 12.0. The Morgan fingerprint density at radius 1 is 1.33 bits per heavy atom. The van der Waals surface area contributed by atoms with Gasteiger partial charge in [-0.1, -0.05) is 42.5 Å². The first-order chi connectivity index (χ1) is 10.0.